The van der Waals surface area contributed by atoms with Crippen LogP contribution in [-0.4, -0.2) is 124 Å². The van der Waals surface area contributed by atoms with Gasteiger partial charge >= 0.3 is 0 Å². The van der Waals surface area contributed by atoms with E-state index in [0.29, 0.717) is 37.1 Å². The molecule has 0 radical (unpaired) electrons. The molecule has 2 aromatic carbocycles. The number of aromatic nitrogens is 3. The van der Waals surface area contributed by atoms with Crippen LogP contribution in [0.5, 0.6) is 0 Å². The Bertz CT molecular complexity index is 2270. The van der Waals surface area contributed by atoms with Crippen LogP contribution in [0.15, 0.2) is 72.9 Å². The van der Waals surface area contributed by atoms with Crippen molar-refractivity contribution in [2.24, 2.45) is 0 Å². The molecule has 4 aliphatic heterocycles. The SMILES string of the molecule is N=C(/C=C\c1ncc(-c2cccc(N3CCN(CCOCCCNc4ccc5c(c4)C(=O)N(C4CCC(=O)NC4=O)C5=O)CC3)n2)[nH]1)N1CCC[C@@H]1c1cccc(F)c1. The van der Waals surface area contributed by atoms with Crippen LogP contribution in [0.1, 0.15) is 70.2 Å². The summed E-state index contributed by atoms with van der Waals surface area (Å²) in [5, 5.41) is 14.2. The first-order valence-corrected chi connectivity index (χ1v) is 20.2. The average molecular weight is 803 g/mol. The fourth-order valence-electron chi connectivity index (χ4n) is 8.15. The number of piperidine rings is 1. The lowest BCUT2D eigenvalue weighted by molar-refractivity contribution is -0.136. The minimum Gasteiger partial charge on any atom is -0.385 e. The van der Waals surface area contributed by atoms with Crippen LogP contribution in [0.25, 0.3) is 17.5 Å². The second-order valence-electron chi connectivity index (χ2n) is 15.1. The van der Waals surface area contributed by atoms with Crippen LogP contribution in [0, 0.1) is 11.2 Å². The molecular formula is C43H47FN10O5. The van der Waals surface area contributed by atoms with Gasteiger partial charge in [0.2, 0.25) is 11.8 Å². The Balaban J connectivity index is 0.738. The monoisotopic (exact) mass is 802 g/mol. The topological polar surface area (TPSA) is 180 Å². The van der Waals surface area contributed by atoms with Crippen molar-refractivity contribution in [3.05, 3.63) is 101 Å². The number of nitrogens with zero attached hydrogens (tertiary/aromatic N) is 6. The Morgan fingerprint density at radius 3 is 2.59 bits per heavy atom. The molecule has 15 nitrogen and oxygen atoms in total. The maximum atomic E-state index is 13.9. The molecule has 4 amide bonds. The number of amidine groups is 1. The predicted octanol–water partition coefficient (Wildman–Crippen LogP) is 4.48. The number of imide groups is 2. The lowest BCUT2D eigenvalue weighted by Gasteiger charge is -2.35. The molecular weight excluding hydrogens is 756 g/mol. The van der Waals surface area contributed by atoms with Crippen molar-refractivity contribution >= 4 is 47.0 Å². The summed E-state index contributed by atoms with van der Waals surface area (Å²) in [7, 11) is 0. The number of ether oxygens (including phenoxy) is 1. The summed E-state index contributed by atoms with van der Waals surface area (Å²) >= 11 is 0. The Morgan fingerprint density at radius 1 is 0.932 bits per heavy atom. The molecule has 2 atom stereocenters. The van der Waals surface area contributed by atoms with Crippen LogP contribution >= 0.6 is 0 Å². The molecule has 0 aliphatic carbocycles. The smallest absolute Gasteiger partial charge is 0.262 e. The van der Waals surface area contributed by atoms with Crippen molar-refractivity contribution in [3.63, 3.8) is 0 Å². The zero-order chi connectivity index (χ0) is 40.9. The molecule has 0 saturated carbocycles. The van der Waals surface area contributed by atoms with Gasteiger partial charge in [0.05, 0.1) is 41.4 Å². The summed E-state index contributed by atoms with van der Waals surface area (Å²) in [4.78, 5) is 70.3. The van der Waals surface area contributed by atoms with E-state index in [1.54, 1.807) is 48.7 Å². The number of halogens is 1. The number of hydrogen-bond donors (Lipinski definition) is 4. The molecule has 16 heteroatoms. The second kappa shape index (κ2) is 17.7. The number of benzene rings is 2. The lowest BCUT2D eigenvalue weighted by atomic mass is 10.0. The van der Waals surface area contributed by atoms with Gasteiger partial charge in [-0.1, -0.05) is 18.2 Å². The number of fused-ring (bicyclic) bond motifs is 1. The first-order chi connectivity index (χ1) is 28.7. The summed E-state index contributed by atoms with van der Waals surface area (Å²) in [6.07, 6.45) is 8.07. The van der Waals surface area contributed by atoms with Gasteiger partial charge in [0, 0.05) is 64.5 Å². The van der Waals surface area contributed by atoms with Crippen molar-refractivity contribution in [3.8, 4) is 11.4 Å². The number of anilines is 2. The van der Waals surface area contributed by atoms with Crippen LogP contribution < -0.4 is 15.5 Å². The van der Waals surface area contributed by atoms with Crippen LogP contribution in [0.3, 0.4) is 0 Å². The van der Waals surface area contributed by atoms with E-state index in [1.165, 1.54) is 6.07 Å². The fourth-order valence-corrected chi connectivity index (χ4v) is 8.15. The highest BCUT2D eigenvalue weighted by Crippen LogP contribution is 2.33. The van der Waals surface area contributed by atoms with Gasteiger partial charge in [-0.05, 0) is 85.9 Å². The van der Waals surface area contributed by atoms with E-state index in [1.807, 2.05) is 29.2 Å². The third kappa shape index (κ3) is 8.93. The Hall–Kier alpha value is -6.26. The van der Waals surface area contributed by atoms with Crippen molar-refractivity contribution in [1.29, 1.82) is 5.41 Å². The van der Waals surface area contributed by atoms with Gasteiger partial charge in [-0.3, -0.25) is 39.7 Å². The summed E-state index contributed by atoms with van der Waals surface area (Å²) in [5.41, 5.74) is 3.67. The highest BCUT2D eigenvalue weighted by molar-refractivity contribution is 6.23. The number of likely N-dealkylation sites (tertiary alicyclic amines) is 1. The number of carbonyl (C=O) groups excluding carboxylic acids is 4. The Labute approximate surface area is 341 Å². The number of hydrogen-bond acceptors (Lipinski definition) is 11. The number of imidazole rings is 1. The van der Waals surface area contributed by atoms with Gasteiger partial charge in [0.15, 0.2) is 0 Å². The van der Waals surface area contributed by atoms with Crippen LogP contribution in [0.2, 0.25) is 0 Å². The first-order valence-electron chi connectivity index (χ1n) is 20.2. The molecule has 4 aromatic rings. The Morgan fingerprint density at radius 2 is 1.76 bits per heavy atom. The lowest BCUT2D eigenvalue weighted by Crippen LogP contribution is -2.54. The van der Waals surface area contributed by atoms with E-state index in [-0.39, 0.29) is 35.8 Å². The van der Waals surface area contributed by atoms with E-state index in [2.05, 4.69) is 30.4 Å². The van der Waals surface area contributed by atoms with Gasteiger partial charge in [0.1, 0.15) is 29.3 Å². The molecule has 3 fully saturated rings. The molecule has 0 spiro atoms. The normalized spacial score (nSPS) is 19.8. The number of piperazine rings is 1. The molecule has 2 aromatic heterocycles. The number of aromatic amines is 1. The van der Waals surface area contributed by atoms with E-state index in [4.69, 9.17) is 15.1 Å². The molecule has 3 saturated heterocycles. The van der Waals surface area contributed by atoms with Gasteiger partial charge in [0.25, 0.3) is 11.8 Å². The van der Waals surface area contributed by atoms with Crippen molar-refractivity contribution in [1.82, 2.24) is 35.0 Å². The Kier molecular flexibility index (Phi) is 11.9. The zero-order valence-corrected chi connectivity index (χ0v) is 32.7. The van der Waals surface area contributed by atoms with Crippen molar-refractivity contribution in [2.75, 3.05) is 69.2 Å². The van der Waals surface area contributed by atoms with Gasteiger partial charge in [-0.2, -0.15) is 0 Å². The molecule has 6 heterocycles. The quantitative estimate of drug-likeness (QED) is 0.0612. The first kappa shape index (κ1) is 39.6. The van der Waals surface area contributed by atoms with E-state index in [0.717, 1.165) is 86.2 Å². The summed E-state index contributed by atoms with van der Waals surface area (Å²) in [5.74, 6) is -0.440. The molecule has 306 valence electrons. The highest BCUT2D eigenvalue weighted by atomic mass is 19.1. The van der Waals surface area contributed by atoms with E-state index >= 15 is 0 Å². The summed E-state index contributed by atoms with van der Waals surface area (Å²) < 4.78 is 19.8. The summed E-state index contributed by atoms with van der Waals surface area (Å²) in [6.45, 7) is 6.82. The minimum atomic E-state index is -0.987. The van der Waals surface area contributed by atoms with Crippen LogP contribution in [0.4, 0.5) is 15.9 Å². The largest absolute Gasteiger partial charge is 0.385 e. The molecule has 4 N–H and O–H groups in total. The number of carbonyl (C=O) groups is 4. The third-order valence-corrected chi connectivity index (χ3v) is 11.3. The molecule has 1 unspecified atom stereocenters. The number of amides is 4. The van der Waals surface area contributed by atoms with Crippen molar-refractivity contribution in [2.45, 2.75) is 44.2 Å². The van der Waals surface area contributed by atoms with Crippen molar-refractivity contribution < 1.29 is 28.3 Å². The molecule has 4 aliphatic rings. The average Bonchev–Trinajstić information content (AvgIpc) is 3.99. The molecule has 0 bridgehead atoms. The number of nitrogens with one attached hydrogen (secondary N) is 4. The van der Waals surface area contributed by atoms with E-state index in [9.17, 15) is 23.6 Å². The maximum absolute atomic E-state index is 13.9. The van der Waals surface area contributed by atoms with E-state index < -0.39 is 29.7 Å². The number of pyridine rings is 1. The zero-order valence-electron chi connectivity index (χ0n) is 32.7. The van der Waals surface area contributed by atoms with Crippen LogP contribution in [-0.2, 0) is 14.3 Å². The third-order valence-electron chi connectivity index (χ3n) is 11.3. The fraction of sp³-hybridized carbons (Fsp3) is 0.372. The summed E-state index contributed by atoms with van der Waals surface area (Å²) in [6, 6.07) is 16.6. The standard InChI is InChI=1S/C43H47FN10O5/c44-29-6-1-5-28(25-29)35-8-3-17-53(35)37(45)13-14-38-47-27-34(48-38)33-7-2-9-39(49-33)52-20-18-51(19-21-52)22-24-59-23-4-16-46-30-10-11-31-32(26-30)43(58)54(42(31)57)36-12-15-40(55)50-41(36)56/h1-2,5-7,9-11,13-14,25-27,35-36,45-46H,3-4,8,12,15-24H2,(H,47,48)(H,50,55,56)/b14-13-,45-37?/t35-,36?/m1/s1. The number of H-pyrrole nitrogens is 1. The number of rotatable bonds is 14. The minimum absolute atomic E-state index is 0.0159. The molecule has 59 heavy (non-hydrogen) atoms. The second-order valence-corrected chi connectivity index (χ2v) is 15.1. The van der Waals surface area contributed by atoms with Gasteiger partial charge < -0.3 is 24.8 Å². The van der Waals surface area contributed by atoms with Gasteiger partial charge in [-0.25, -0.2) is 14.4 Å². The predicted molar refractivity (Wildman–Crippen MR) is 219 cm³/mol. The highest BCUT2D eigenvalue weighted by Gasteiger charge is 2.44. The maximum Gasteiger partial charge on any atom is 0.262 e. The molecule has 8 rings (SSSR count). The van der Waals surface area contributed by atoms with Gasteiger partial charge in [-0.15, -0.1) is 0 Å².